The number of aromatic nitrogens is 2. The Morgan fingerprint density at radius 1 is 0.896 bits per heavy atom. The summed E-state index contributed by atoms with van der Waals surface area (Å²) in [6, 6.07) is 27.9. The Kier molecular flexibility index (Phi) is 15.7. The number of nitrogens with zero attached hydrogens (tertiary/aromatic N) is 7. The largest absolute Gasteiger partial charge is 0.376 e. The highest BCUT2D eigenvalue weighted by Gasteiger charge is 2.30. The van der Waals surface area contributed by atoms with Crippen LogP contribution in [-0.4, -0.2) is 122 Å². The lowest BCUT2D eigenvalue weighted by Gasteiger charge is -2.39. The first-order valence-electron chi connectivity index (χ1n) is 23.3. The van der Waals surface area contributed by atoms with Gasteiger partial charge in [-0.2, -0.15) is 5.06 Å². The first-order valence-corrected chi connectivity index (χ1v) is 26.1. The van der Waals surface area contributed by atoms with E-state index in [1.165, 1.54) is 35.2 Å². The molecule has 14 nitrogen and oxygen atoms in total. The first-order chi connectivity index (χ1) is 32.2. The van der Waals surface area contributed by atoms with Crippen molar-refractivity contribution in [3.05, 3.63) is 124 Å². The summed E-state index contributed by atoms with van der Waals surface area (Å²) in [5, 5.41) is 19.3. The van der Waals surface area contributed by atoms with E-state index in [-0.39, 0.29) is 39.6 Å². The topological polar surface area (TPSA) is 149 Å². The van der Waals surface area contributed by atoms with Gasteiger partial charge in [-0.3, -0.25) is 24.6 Å². The van der Waals surface area contributed by atoms with Crippen molar-refractivity contribution in [3.8, 4) is 0 Å². The maximum Gasteiger partial charge on any atom is 0.293 e. The molecule has 1 aromatic heterocycles. The Bertz CT molecular complexity index is 2640. The fraction of sp³-hybridized carbons (Fsp3) is 0.440. The molecule has 0 spiro atoms. The van der Waals surface area contributed by atoms with Crippen molar-refractivity contribution in [2.24, 2.45) is 5.41 Å². The van der Waals surface area contributed by atoms with E-state index in [9.17, 15) is 18.5 Å². The monoisotopic (exact) mass is 967 g/mol. The number of fused-ring (bicyclic) bond motifs is 1. The highest BCUT2D eigenvalue weighted by Crippen LogP contribution is 2.43. The molecule has 0 bridgehead atoms. The van der Waals surface area contributed by atoms with Gasteiger partial charge in [0.25, 0.3) is 15.7 Å². The number of nitro groups is 1. The molecule has 356 valence electrons. The lowest BCUT2D eigenvalue weighted by atomic mass is 9.73. The highest BCUT2D eigenvalue weighted by molar-refractivity contribution is 7.99. The van der Waals surface area contributed by atoms with Gasteiger partial charge < -0.3 is 15.1 Å². The number of halogens is 1. The maximum absolute atomic E-state index is 14.0. The van der Waals surface area contributed by atoms with Gasteiger partial charge in [-0.1, -0.05) is 61.4 Å². The van der Waals surface area contributed by atoms with Crippen LogP contribution in [-0.2, 0) is 14.9 Å². The van der Waals surface area contributed by atoms with Gasteiger partial charge >= 0.3 is 0 Å². The first kappa shape index (κ1) is 48.6. The molecule has 0 radical (unpaired) electrons. The molecule has 8 rings (SSSR count). The summed E-state index contributed by atoms with van der Waals surface area (Å²) in [6.07, 6.45) is 5.49. The van der Waals surface area contributed by atoms with Crippen LogP contribution in [0.25, 0.3) is 16.5 Å². The summed E-state index contributed by atoms with van der Waals surface area (Å²) in [4.78, 5) is 34.8. The number of allylic oxidation sites excluding steroid dienone is 1. The van der Waals surface area contributed by atoms with Gasteiger partial charge in [-0.05, 0) is 111 Å². The van der Waals surface area contributed by atoms with Gasteiger partial charge in [0.2, 0.25) is 0 Å². The molecule has 1 aliphatic carbocycles. The molecule has 5 aromatic rings. The lowest BCUT2D eigenvalue weighted by molar-refractivity contribution is -0.384. The van der Waals surface area contributed by atoms with E-state index in [4.69, 9.17) is 16.4 Å². The number of hydrogen-bond acceptors (Lipinski definition) is 13. The Balaban J connectivity index is 0.925. The van der Waals surface area contributed by atoms with Gasteiger partial charge in [-0.25, -0.2) is 18.4 Å². The number of sulfonamides is 1. The maximum atomic E-state index is 14.0. The molecule has 0 unspecified atom stereocenters. The van der Waals surface area contributed by atoms with Crippen molar-refractivity contribution < 1.29 is 18.2 Å². The number of rotatable bonds is 18. The Hall–Kier alpha value is -4.81. The Labute approximate surface area is 404 Å². The van der Waals surface area contributed by atoms with Gasteiger partial charge in [0.1, 0.15) is 12.0 Å². The summed E-state index contributed by atoms with van der Waals surface area (Å²) >= 11 is 7.91. The molecule has 2 aliphatic heterocycles. The molecule has 2 saturated heterocycles. The van der Waals surface area contributed by atoms with Crippen LogP contribution >= 0.6 is 23.4 Å². The molecule has 1 atom stereocenters. The molecule has 3 heterocycles. The number of piperazine rings is 2. The molecular weight excluding hydrogens is 906 g/mol. The average molecular weight is 969 g/mol. The minimum atomic E-state index is -4.29. The minimum absolute atomic E-state index is 0.0981. The zero-order valence-electron chi connectivity index (χ0n) is 38.9. The summed E-state index contributed by atoms with van der Waals surface area (Å²) in [5.41, 5.74) is 6.02. The molecule has 17 heteroatoms. The van der Waals surface area contributed by atoms with Gasteiger partial charge in [0.15, 0.2) is 5.82 Å². The number of hydroxylamine groups is 2. The molecule has 0 saturated carbocycles. The van der Waals surface area contributed by atoms with E-state index in [1.54, 1.807) is 11.8 Å². The van der Waals surface area contributed by atoms with Crippen LogP contribution in [0, 0.1) is 15.5 Å². The second-order valence-electron chi connectivity index (χ2n) is 18.8. The zero-order chi connectivity index (χ0) is 47.1. The van der Waals surface area contributed by atoms with Crippen molar-refractivity contribution in [3.63, 3.8) is 0 Å². The smallest absolute Gasteiger partial charge is 0.293 e. The third-order valence-electron chi connectivity index (χ3n) is 12.9. The van der Waals surface area contributed by atoms with Crippen molar-refractivity contribution in [2.75, 3.05) is 86.1 Å². The van der Waals surface area contributed by atoms with Crippen molar-refractivity contribution in [2.45, 2.75) is 75.3 Å². The third-order valence-corrected chi connectivity index (χ3v) is 15.6. The summed E-state index contributed by atoms with van der Waals surface area (Å²) in [6.45, 7) is 17.3. The van der Waals surface area contributed by atoms with Crippen LogP contribution < -0.4 is 14.9 Å². The molecule has 4 aromatic carbocycles. The molecule has 3 aliphatic rings. The normalized spacial score (nSPS) is 18.1. The molecule has 2 N–H and O–H groups in total. The van der Waals surface area contributed by atoms with E-state index in [1.807, 2.05) is 79.6 Å². The SMILES string of the molecule is CC(C)ON1CCN(CC[C@H](CSc2ccccc2)Nc2ccc(S(=O)(=O)Nc3ncnc4cc(N5CCN(CC6=C(c7ccc(Cl)cc7)CCC(C)(C)C6)CC5)ccc34)cc2[N+](=O)[O-])CC1. The highest BCUT2D eigenvalue weighted by atomic mass is 35.5. The van der Waals surface area contributed by atoms with Crippen molar-refractivity contribution in [1.29, 1.82) is 0 Å². The number of nitrogens with one attached hydrogen (secondary N) is 2. The number of benzene rings is 4. The van der Waals surface area contributed by atoms with Gasteiger partial charge in [0.05, 0.1) is 21.4 Å². The number of nitro benzene ring substituents is 1. The van der Waals surface area contributed by atoms with E-state index in [0.717, 1.165) is 113 Å². The zero-order valence-corrected chi connectivity index (χ0v) is 41.3. The molecule has 2 fully saturated rings. The summed E-state index contributed by atoms with van der Waals surface area (Å²) in [7, 11) is -4.29. The lowest BCUT2D eigenvalue weighted by Crippen LogP contribution is -2.47. The van der Waals surface area contributed by atoms with Gasteiger partial charge in [-0.15, -0.1) is 11.8 Å². The van der Waals surface area contributed by atoms with Gasteiger partial charge in [0, 0.05) is 104 Å². The predicted octanol–water partition coefficient (Wildman–Crippen LogP) is 9.70. The third kappa shape index (κ3) is 12.8. The number of anilines is 3. The fourth-order valence-corrected chi connectivity index (χ4v) is 11.5. The van der Waals surface area contributed by atoms with E-state index in [0.29, 0.717) is 16.7 Å². The van der Waals surface area contributed by atoms with Crippen LogP contribution in [0.2, 0.25) is 5.02 Å². The van der Waals surface area contributed by atoms with Crippen LogP contribution in [0.15, 0.2) is 113 Å². The Morgan fingerprint density at radius 2 is 1.63 bits per heavy atom. The second kappa shape index (κ2) is 21.6. The number of thioether (sulfide) groups is 1. The Morgan fingerprint density at radius 3 is 2.34 bits per heavy atom. The van der Waals surface area contributed by atoms with Crippen molar-refractivity contribution in [1.82, 2.24) is 24.8 Å². The summed E-state index contributed by atoms with van der Waals surface area (Å²) < 4.78 is 30.5. The second-order valence-corrected chi connectivity index (χ2v) is 22.0. The predicted molar refractivity (Wildman–Crippen MR) is 272 cm³/mol. The van der Waals surface area contributed by atoms with Crippen LogP contribution in [0.4, 0.5) is 22.9 Å². The number of hydrogen-bond donors (Lipinski definition) is 2. The quantitative estimate of drug-likeness (QED) is 0.0488. The molecule has 67 heavy (non-hydrogen) atoms. The summed E-state index contributed by atoms with van der Waals surface area (Å²) in [5.74, 6) is 0.752. The minimum Gasteiger partial charge on any atom is -0.376 e. The van der Waals surface area contributed by atoms with Crippen LogP contribution in [0.5, 0.6) is 0 Å². The van der Waals surface area contributed by atoms with E-state index < -0.39 is 14.9 Å². The standard InChI is InChI=1S/C50H62ClN9O5S2/c1-36(2)65-59-28-24-56(25-29-59)21-19-40(34-66-42-8-6-5-7-9-42)54-46-17-15-43(31-48(46)60(61)62)67(63,64)55-49-45-16-14-41(30-47(45)52-35-53-49)58-26-22-57(23-27-58)33-38-32-50(3,4)20-18-44(38)37-10-12-39(51)13-11-37/h5-17,30-31,35-36,40,54H,18-29,32-34H2,1-4H3,(H,52,53,55)/t40-/m1/s1. The molecular formula is C50H62ClN9O5S2. The average Bonchev–Trinajstić information content (AvgIpc) is 3.31. The van der Waals surface area contributed by atoms with E-state index in [2.05, 4.69) is 60.7 Å². The van der Waals surface area contributed by atoms with Crippen LogP contribution in [0.1, 0.15) is 58.9 Å². The van der Waals surface area contributed by atoms with Crippen LogP contribution in [0.3, 0.4) is 0 Å². The van der Waals surface area contributed by atoms with Crippen molar-refractivity contribution >= 4 is 72.7 Å². The van der Waals surface area contributed by atoms with E-state index >= 15 is 0 Å². The molecule has 0 amide bonds. The fourth-order valence-electron chi connectivity index (χ4n) is 9.28.